The predicted molar refractivity (Wildman–Crippen MR) is 85.9 cm³/mol. The highest BCUT2D eigenvalue weighted by Crippen LogP contribution is 2.22. The standard InChI is InChI=1S/C16H27N5O/c1-19(2)12-5-4-8-21(10-6-12)16(22)15-13-11-20(3)9-7-14(13)17-18-15/h12H,4-11H2,1-3H3,(H,17,18). The van der Waals surface area contributed by atoms with Crippen molar-refractivity contribution in [2.45, 2.75) is 38.3 Å². The Balaban J connectivity index is 1.73. The second-order valence-corrected chi connectivity index (χ2v) is 6.86. The molecule has 1 aromatic heterocycles. The maximum Gasteiger partial charge on any atom is 0.274 e. The third-order valence-electron chi connectivity index (χ3n) is 5.04. The molecule has 0 saturated carbocycles. The van der Waals surface area contributed by atoms with Crippen LogP contribution in [0.1, 0.15) is 41.0 Å². The van der Waals surface area contributed by atoms with Crippen LogP contribution in [0.5, 0.6) is 0 Å². The highest BCUT2D eigenvalue weighted by molar-refractivity contribution is 5.94. The molecule has 0 radical (unpaired) electrons. The van der Waals surface area contributed by atoms with Gasteiger partial charge in [-0.1, -0.05) is 0 Å². The van der Waals surface area contributed by atoms with Gasteiger partial charge in [0.1, 0.15) is 0 Å². The number of aromatic amines is 1. The number of rotatable bonds is 2. The molecule has 1 aromatic rings. The number of H-pyrrole nitrogens is 1. The number of carbonyl (C=O) groups is 1. The largest absolute Gasteiger partial charge is 0.337 e. The highest BCUT2D eigenvalue weighted by atomic mass is 16.2. The van der Waals surface area contributed by atoms with Crippen LogP contribution in [0.15, 0.2) is 0 Å². The second-order valence-electron chi connectivity index (χ2n) is 6.86. The molecule has 2 aliphatic heterocycles. The Morgan fingerprint density at radius 1 is 1.27 bits per heavy atom. The summed E-state index contributed by atoms with van der Waals surface area (Å²) in [5.74, 6) is 0.104. The van der Waals surface area contributed by atoms with E-state index in [1.807, 2.05) is 4.90 Å². The second kappa shape index (κ2) is 6.38. The van der Waals surface area contributed by atoms with Crippen molar-refractivity contribution < 1.29 is 4.79 Å². The van der Waals surface area contributed by atoms with E-state index in [4.69, 9.17) is 0 Å². The SMILES string of the molecule is CN1CCc2[nH]nc(C(=O)N3CCCC(N(C)C)CC3)c2C1. The minimum atomic E-state index is 0.104. The van der Waals surface area contributed by atoms with Crippen molar-refractivity contribution in [3.63, 3.8) is 0 Å². The molecular weight excluding hydrogens is 278 g/mol. The van der Waals surface area contributed by atoms with E-state index in [-0.39, 0.29) is 5.91 Å². The van der Waals surface area contributed by atoms with E-state index in [2.05, 4.69) is 41.1 Å². The summed E-state index contributed by atoms with van der Waals surface area (Å²) in [6.45, 7) is 3.53. The van der Waals surface area contributed by atoms with Crippen molar-refractivity contribution in [3.8, 4) is 0 Å². The van der Waals surface area contributed by atoms with E-state index >= 15 is 0 Å². The van der Waals surface area contributed by atoms with Gasteiger partial charge in [-0.25, -0.2) is 0 Å². The third-order valence-corrected chi connectivity index (χ3v) is 5.04. The van der Waals surface area contributed by atoms with Crippen LogP contribution in [-0.4, -0.2) is 77.6 Å². The van der Waals surface area contributed by atoms with Crippen LogP contribution >= 0.6 is 0 Å². The number of nitrogens with one attached hydrogen (secondary N) is 1. The van der Waals surface area contributed by atoms with E-state index in [0.717, 1.165) is 63.1 Å². The lowest BCUT2D eigenvalue weighted by Gasteiger charge is -2.25. The fourth-order valence-corrected chi connectivity index (χ4v) is 3.55. The molecule has 3 rings (SSSR count). The zero-order chi connectivity index (χ0) is 15.7. The predicted octanol–water partition coefficient (Wildman–Crippen LogP) is 0.954. The summed E-state index contributed by atoms with van der Waals surface area (Å²) >= 11 is 0. The Morgan fingerprint density at radius 2 is 2.09 bits per heavy atom. The van der Waals surface area contributed by atoms with Crippen LogP contribution in [0.25, 0.3) is 0 Å². The Kier molecular flexibility index (Phi) is 4.49. The van der Waals surface area contributed by atoms with E-state index in [0.29, 0.717) is 11.7 Å². The van der Waals surface area contributed by atoms with Gasteiger partial charge < -0.3 is 14.7 Å². The van der Waals surface area contributed by atoms with Gasteiger partial charge in [-0.2, -0.15) is 5.10 Å². The van der Waals surface area contributed by atoms with E-state index in [9.17, 15) is 4.79 Å². The molecule has 1 amide bonds. The summed E-state index contributed by atoms with van der Waals surface area (Å²) in [5, 5.41) is 7.42. The minimum absolute atomic E-state index is 0.104. The zero-order valence-corrected chi connectivity index (χ0v) is 13.9. The van der Waals surface area contributed by atoms with Gasteiger partial charge in [0.05, 0.1) is 0 Å². The summed E-state index contributed by atoms with van der Waals surface area (Å²) in [5.41, 5.74) is 2.89. The normalized spacial score (nSPS) is 23.5. The van der Waals surface area contributed by atoms with Gasteiger partial charge in [0.25, 0.3) is 5.91 Å². The number of likely N-dealkylation sites (N-methyl/N-ethyl adjacent to an activating group) is 1. The monoisotopic (exact) mass is 305 g/mol. The molecular formula is C16H27N5O. The van der Waals surface area contributed by atoms with Crippen LogP contribution in [0, 0.1) is 0 Å². The number of hydrogen-bond donors (Lipinski definition) is 1. The summed E-state index contributed by atoms with van der Waals surface area (Å²) in [7, 11) is 6.35. The topological polar surface area (TPSA) is 55.5 Å². The van der Waals surface area contributed by atoms with Crippen molar-refractivity contribution in [2.75, 3.05) is 40.8 Å². The Labute approximate surface area is 132 Å². The first kappa shape index (κ1) is 15.5. The first-order valence-electron chi connectivity index (χ1n) is 8.26. The Bertz CT molecular complexity index is 539. The molecule has 0 aliphatic carbocycles. The summed E-state index contributed by atoms with van der Waals surface area (Å²) in [6, 6.07) is 0.581. The number of aromatic nitrogens is 2. The number of likely N-dealkylation sites (tertiary alicyclic amines) is 1. The molecule has 1 saturated heterocycles. The minimum Gasteiger partial charge on any atom is -0.337 e. The summed E-state index contributed by atoms with van der Waals surface area (Å²) in [6.07, 6.45) is 4.24. The molecule has 3 heterocycles. The lowest BCUT2D eigenvalue weighted by Crippen LogP contribution is -2.35. The number of amides is 1. The van der Waals surface area contributed by atoms with Crippen LogP contribution in [0.4, 0.5) is 0 Å². The molecule has 6 heteroatoms. The summed E-state index contributed by atoms with van der Waals surface area (Å²) in [4.78, 5) is 19.4. The first-order chi connectivity index (χ1) is 10.6. The lowest BCUT2D eigenvalue weighted by atomic mass is 10.1. The number of nitrogens with zero attached hydrogens (tertiary/aromatic N) is 4. The number of hydrogen-bond acceptors (Lipinski definition) is 4. The lowest BCUT2D eigenvalue weighted by molar-refractivity contribution is 0.0750. The number of carbonyl (C=O) groups excluding carboxylic acids is 1. The van der Waals surface area contributed by atoms with Crippen LogP contribution in [0.3, 0.4) is 0 Å². The maximum absolute atomic E-state index is 12.9. The number of fused-ring (bicyclic) bond motifs is 1. The molecule has 0 spiro atoms. The maximum atomic E-state index is 12.9. The average molecular weight is 305 g/mol. The average Bonchev–Trinajstić information content (AvgIpc) is 2.74. The van der Waals surface area contributed by atoms with Crippen molar-refractivity contribution >= 4 is 5.91 Å². The van der Waals surface area contributed by atoms with Crippen LogP contribution < -0.4 is 0 Å². The van der Waals surface area contributed by atoms with E-state index in [1.54, 1.807) is 0 Å². The van der Waals surface area contributed by atoms with Crippen LogP contribution in [0.2, 0.25) is 0 Å². The summed E-state index contributed by atoms with van der Waals surface area (Å²) < 4.78 is 0. The molecule has 1 unspecified atom stereocenters. The van der Waals surface area contributed by atoms with Gasteiger partial charge in [0.2, 0.25) is 0 Å². The van der Waals surface area contributed by atoms with Gasteiger partial charge >= 0.3 is 0 Å². The van der Waals surface area contributed by atoms with Crippen molar-refractivity contribution in [3.05, 3.63) is 17.0 Å². The molecule has 0 bridgehead atoms. The molecule has 1 fully saturated rings. The Morgan fingerprint density at radius 3 is 2.86 bits per heavy atom. The highest BCUT2D eigenvalue weighted by Gasteiger charge is 2.28. The molecule has 1 N–H and O–H groups in total. The molecule has 1 atom stereocenters. The van der Waals surface area contributed by atoms with E-state index < -0.39 is 0 Å². The molecule has 2 aliphatic rings. The molecule has 6 nitrogen and oxygen atoms in total. The zero-order valence-electron chi connectivity index (χ0n) is 13.9. The Hall–Kier alpha value is -1.40. The smallest absolute Gasteiger partial charge is 0.274 e. The molecule has 0 aromatic carbocycles. The fraction of sp³-hybridized carbons (Fsp3) is 0.750. The van der Waals surface area contributed by atoms with Gasteiger partial charge in [-0.15, -0.1) is 0 Å². The van der Waals surface area contributed by atoms with Gasteiger partial charge in [-0.05, 0) is 40.4 Å². The quantitative estimate of drug-likeness (QED) is 0.884. The first-order valence-corrected chi connectivity index (χ1v) is 8.26. The van der Waals surface area contributed by atoms with Crippen LogP contribution in [-0.2, 0) is 13.0 Å². The van der Waals surface area contributed by atoms with Gasteiger partial charge in [0.15, 0.2) is 5.69 Å². The fourth-order valence-electron chi connectivity index (χ4n) is 3.55. The van der Waals surface area contributed by atoms with E-state index in [1.165, 1.54) is 0 Å². The van der Waals surface area contributed by atoms with Gasteiger partial charge in [-0.3, -0.25) is 9.89 Å². The van der Waals surface area contributed by atoms with Gasteiger partial charge in [0, 0.05) is 49.9 Å². The molecule has 122 valence electrons. The third kappa shape index (κ3) is 3.03. The molecule has 22 heavy (non-hydrogen) atoms. The van der Waals surface area contributed by atoms with Crippen molar-refractivity contribution in [1.82, 2.24) is 24.9 Å². The van der Waals surface area contributed by atoms with Crippen molar-refractivity contribution in [2.24, 2.45) is 0 Å². The van der Waals surface area contributed by atoms with Crippen molar-refractivity contribution in [1.29, 1.82) is 0 Å².